The first-order valence-electron chi connectivity index (χ1n) is 11.5. The maximum atomic E-state index is 11.8. The molecule has 2 heterocycles. The second kappa shape index (κ2) is 12.5. The lowest BCUT2D eigenvalue weighted by atomic mass is 10.1. The van der Waals surface area contributed by atoms with E-state index in [4.69, 9.17) is 4.42 Å². The van der Waals surface area contributed by atoms with Gasteiger partial charge in [-0.2, -0.15) is 0 Å². The van der Waals surface area contributed by atoms with Gasteiger partial charge in [0.25, 0.3) is 0 Å². The molecule has 7 nitrogen and oxygen atoms in total. The predicted molar refractivity (Wildman–Crippen MR) is 145 cm³/mol. The number of hydrogen-bond acceptors (Lipinski definition) is 4. The number of nitrogens with one attached hydrogen (secondary N) is 2. The number of hydrogen-bond donors (Lipinski definition) is 2. The minimum absolute atomic E-state index is 0. The van der Waals surface area contributed by atoms with Gasteiger partial charge in [0.1, 0.15) is 6.26 Å². The number of aryl methyl sites for hydroxylation is 1. The van der Waals surface area contributed by atoms with Crippen LogP contribution in [0.4, 0.5) is 0 Å². The van der Waals surface area contributed by atoms with Crippen LogP contribution in [-0.2, 0) is 24.4 Å². The molecule has 1 amide bonds. The molecule has 1 aromatic heterocycles. The van der Waals surface area contributed by atoms with E-state index in [9.17, 15) is 4.79 Å². The molecule has 2 N–H and O–H groups in total. The molecule has 1 aliphatic heterocycles. The zero-order chi connectivity index (χ0) is 23.0. The van der Waals surface area contributed by atoms with E-state index in [2.05, 4.69) is 51.8 Å². The number of benzene rings is 2. The topological polar surface area (TPSA) is 82.8 Å². The minimum Gasteiger partial charge on any atom is -0.444 e. The third-order valence-electron chi connectivity index (χ3n) is 5.62. The van der Waals surface area contributed by atoms with Crippen molar-refractivity contribution >= 4 is 35.8 Å². The molecule has 1 fully saturated rings. The molecular formula is C26H32IN5O2. The average Bonchev–Trinajstić information content (AvgIpc) is 3.46. The number of nitrogens with zero attached hydrogens (tertiary/aromatic N) is 3. The van der Waals surface area contributed by atoms with E-state index in [-0.39, 0.29) is 29.9 Å². The maximum absolute atomic E-state index is 11.8. The van der Waals surface area contributed by atoms with E-state index in [1.807, 2.05) is 36.1 Å². The van der Waals surface area contributed by atoms with Crippen LogP contribution in [0.1, 0.15) is 42.1 Å². The highest BCUT2D eigenvalue weighted by Crippen LogP contribution is 2.19. The summed E-state index contributed by atoms with van der Waals surface area (Å²) >= 11 is 0. The Kier molecular flexibility index (Phi) is 9.50. The fourth-order valence-corrected chi connectivity index (χ4v) is 3.74. The number of oxazole rings is 1. The number of guanidine groups is 1. The normalized spacial score (nSPS) is 13.6. The van der Waals surface area contributed by atoms with E-state index >= 15 is 0 Å². The molecule has 3 aromatic rings. The highest BCUT2D eigenvalue weighted by molar-refractivity contribution is 14.0. The molecule has 0 spiro atoms. The quantitative estimate of drug-likeness (QED) is 0.233. The van der Waals surface area contributed by atoms with Crippen LogP contribution < -0.4 is 10.6 Å². The molecule has 0 saturated carbocycles. The van der Waals surface area contributed by atoms with Gasteiger partial charge >= 0.3 is 0 Å². The van der Waals surface area contributed by atoms with Crippen LogP contribution in [0.15, 0.2) is 64.2 Å². The van der Waals surface area contributed by atoms with Gasteiger partial charge in [0, 0.05) is 31.6 Å². The Balaban J connectivity index is 0.00000324. The van der Waals surface area contributed by atoms with Gasteiger partial charge in [-0.15, -0.1) is 24.0 Å². The molecule has 0 bridgehead atoms. The van der Waals surface area contributed by atoms with Gasteiger partial charge in [0.15, 0.2) is 5.96 Å². The number of aliphatic imine (C=N–C) groups is 1. The van der Waals surface area contributed by atoms with Crippen molar-refractivity contribution in [3.63, 3.8) is 0 Å². The predicted octanol–water partition coefficient (Wildman–Crippen LogP) is 4.65. The number of aromatic nitrogens is 1. The second-order valence-corrected chi connectivity index (χ2v) is 8.29. The highest BCUT2D eigenvalue weighted by Gasteiger charge is 2.19. The van der Waals surface area contributed by atoms with Crippen molar-refractivity contribution in [1.29, 1.82) is 0 Å². The summed E-state index contributed by atoms with van der Waals surface area (Å²) < 4.78 is 5.64. The van der Waals surface area contributed by atoms with E-state index in [1.165, 1.54) is 5.56 Å². The first-order chi connectivity index (χ1) is 16.1. The number of rotatable bonds is 8. The van der Waals surface area contributed by atoms with Crippen LogP contribution in [0.5, 0.6) is 0 Å². The largest absolute Gasteiger partial charge is 0.444 e. The van der Waals surface area contributed by atoms with Crippen molar-refractivity contribution in [2.24, 2.45) is 4.99 Å². The lowest BCUT2D eigenvalue weighted by Crippen LogP contribution is -2.36. The van der Waals surface area contributed by atoms with Crippen LogP contribution in [0.25, 0.3) is 11.5 Å². The standard InChI is InChI=1S/C26H31N5O2.HI/c1-3-27-26(29-16-23-18-33-25(30-23)22-12-6-19(2)7-13-22)28-15-20-8-10-21(11-9-20)17-31-14-4-5-24(31)32;/h6-13,18H,3-5,14-17H2,1-2H3,(H2,27,28,29);1H. The van der Waals surface area contributed by atoms with Gasteiger partial charge in [0.05, 0.1) is 18.8 Å². The van der Waals surface area contributed by atoms with Crippen molar-refractivity contribution in [3.8, 4) is 11.5 Å². The number of carbonyl (C=O) groups is 1. The minimum atomic E-state index is 0. The third kappa shape index (κ3) is 7.06. The van der Waals surface area contributed by atoms with Crippen LogP contribution >= 0.6 is 24.0 Å². The highest BCUT2D eigenvalue weighted by atomic mass is 127. The maximum Gasteiger partial charge on any atom is 0.226 e. The van der Waals surface area contributed by atoms with Gasteiger partial charge in [-0.1, -0.05) is 42.0 Å². The number of halogens is 1. The summed E-state index contributed by atoms with van der Waals surface area (Å²) in [6.45, 7) is 7.49. The molecule has 34 heavy (non-hydrogen) atoms. The average molecular weight is 573 g/mol. The zero-order valence-electron chi connectivity index (χ0n) is 19.7. The molecule has 0 radical (unpaired) electrons. The van der Waals surface area contributed by atoms with Crippen molar-refractivity contribution in [3.05, 3.63) is 77.2 Å². The Labute approximate surface area is 218 Å². The van der Waals surface area contributed by atoms with E-state index in [0.717, 1.165) is 47.9 Å². The number of carbonyl (C=O) groups excluding carboxylic acids is 1. The number of likely N-dealkylation sites (tertiary alicyclic amines) is 1. The van der Waals surface area contributed by atoms with Crippen molar-refractivity contribution in [2.45, 2.75) is 46.3 Å². The molecule has 0 aliphatic carbocycles. The molecule has 180 valence electrons. The molecular weight excluding hydrogens is 541 g/mol. The molecule has 1 saturated heterocycles. The molecule has 1 aliphatic rings. The van der Waals surface area contributed by atoms with Crippen LogP contribution in [0.2, 0.25) is 0 Å². The Hall–Kier alpha value is -2.88. The Morgan fingerprint density at radius 3 is 2.50 bits per heavy atom. The molecule has 0 unspecified atom stereocenters. The third-order valence-corrected chi connectivity index (χ3v) is 5.62. The van der Waals surface area contributed by atoms with Crippen LogP contribution in [0.3, 0.4) is 0 Å². The Morgan fingerprint density at radius 1 is 1.09 bits per heavy atom. The van der Waals surface area contributed by atoms with Gasteiger partial charge in [0.2, 0.25) is 11.8 Å². The van der Waals surface area contributed by atoms with Crippen molar-refractivity contribution in [1.82, 2.24) is 20.5 Å². The Bertz CT molecular complexity index is 1090. The molecule has 2 aromatic carbocycles. The fraction of sp³-hybridized carbons (Fsp3) is 0.346. The summed E-state index contributed by atoms with van der Waals surface area (Å²) in [4.78, 5) is 23.0. The molecule has 4 rings (SSSR count). The van der Waals surface area contributed by atoms with Crippen molar-refractivity contribution < 1.29 is 9.21 Å². The summed E-state index contributed by atoms with van der Waals surface area (Å²) in [6.07, 6.45) is 3.32. The number of amides is 1. The molecule has 0 atom stereocenters. The summed E-state index contributed by atoms with van der Waals surface area (Å²) in [5.41, 5.74) is 5.25. The first kappa shape index (κ1) is 25.7. The second-order valence-electron chi connectivity index (χ2n) is 8.29. The van der Waals surface area contributed by atoms with E-state index in [1.54, 1.807) is 6.26 Å². The van der Waals surface area contributed by atoms with E-state index in [0.29, 0.717) is 31.9 Å². The Morgan fingerprint density at radius 2 is 1.82 bits per heavy atom. The van der Waals surface area contributed by atoms with Crippen molar-refractivity contribution in [2.75, 3.05) is 13.1 Å². The van der Waals surface area contributed by atoms with Gasteiger partial charge in [-0.3, -0.25) is 4.79 Å². The summed E-state index contributed by atoms with van der Waals surface area (Å²) in [6, 6.07) is 16.4. The summed E-state index contributed by atoms with van der Waals surface area (Å²) in [5, 5.41) is 6.59. The van der Waals surface area contributed by atoms with Crippen LogP contribution in [0, 0.1) is 6.92 Å². The lowest BCUT2D eigenvalue weighted by molar-refractivity contribution is -0.128. The fourth-order valence-electron chi connectivity index (χ4n) is 3.74. The first-order valence-corrected chi connectivity index (χ1v) is 11.5. The lowest BCUT2D eigenvalue weighted by Gasteiger charge is -2.15. The van der Waals surface area contributed by atoms with Gasteiger partial charge < -0.3 is 20.0 Å². The van der Waals surface area contributed by atoms with Gasteiger partial charge in [-0.25, -0.2) is 9.98 Å². The smallest absolute Gasteiger partial charge is 0.226 e. The zero-order valence-corrected chi connectivity index (χ0v) is 22.0. The summed E-state index contributed by atoms with van der Waals surface area (Å²) in [5.74, 6) is 1.59. The van der Waals surface area contributed by atoms with Crippen LogP contribution in [-0.4, -0.2) is 34.8 Å². The van der Waals surface area contributed by atoms with E-state index < -0.39 is 0 Å². The summed E-state index contributed by atoms with van der Waals surface area (Å²) in [7, 11) is 0. The monoisotopic (exact) mass is 573 g/mol. The molecule has 8 heteroatoms. The SMILES string of the molecule is CCNC(=NCc1ccc(CN2CCCC2=O)cc1)NCc1coc(-c2ccc(C)cc2)n1.I. The van der Waals surface area contributed by atoms with Gasteiger partial charge in [-0.05, 0) is 43.5 Å².